The lowest BCUT2D eigenvalue weighted by atomic mass is 10.2. The molecule has 0 aliphatic carbocycles. The van der Waals surface area contributed by atoms with Crippen molar-refractivity contribution in [3.8, 4) is 0 Å². The molecule has 0 saturated heterocycles. The Kier molecular flexibility index (Phi) is 3.44. The first-order valence-electron chi connectivity index (χ1n) is 4.60. The van der Waals surface area contributed by atoms with E-state index in [4.69, 9.17) is 7.48 Å². The van der Waals surface area contributed by atoms with Crippen LogP contribution in [0.25, 0.3) is 0 Å². The van der Waals surface area contributed by atoms with Gasteiger partial charge in [-0.15, -0.1) is 6.58 Å². The van der Waals surface area contributed by atoms with Crippen LogP contribution < -0.4 is 0 Å². The van der Waals surface area contributed by atoms with Crippen molar-refractivity contribution in [1.29, 1.82) is 0 Å². The summed E-state index contributed by atoms with van der Waals surface area (Å²) in [4.78, 5) is 11.4. The molecule has 0 aromatic heterocycles. The molecule has 0 fully saturated rings. The van der Waals surface area contributed by atoms with Crippen LogP contribution in [0.5, 0.6) is 0 Å². The minimum Gasteiger partial charge on any atom is -0.459 e. The van der Waals surface area contributed by atoms with Crippen molar-refractivity contribution in [2.45, 2.75) is 36.7 Å². The highest BCUT2D eigenvalue weighted by atomic mass is 127. The minimum absolute atomic E-state index is 0.553. The van der Waals surface area contributed by atoms with Gasteiger partial charge in [-0.1, -0.05) is 28.7 Å². The third-order valence-corrected chi connectivity index (χ3v) is 1.75. The van der Waals surface area contributed by atoms with E-state index in [2.05, 4.69) is 6.58 Å². The number of alkyl halides is 1. The molecule has 3 heteroatoms. The van der Waals surface area contributed by atoms with Crippen molar-refractivity contribution in [3.63, 3.8) is 0 Å². The van der Waals surface area contributed by atoms with E-state index in [1.54, 1.807) is 43.4 Å². The van der Waals surface area contributed by atoms with Gasteiger partial charge in [0.25, 0.3) is 0 Å². The molecule has 0 radical (unpaired) electrons. The summed E-state index contributed by atoms with van der Waals surface area (Å²) in [6.07, 6.45) is -0.614. The molecule has 0 aromatic rings. The standard InChI is InChI=1S/C9H15IO2/c1-5-6-7(10)8(11)12-9(2,3)4/h5,7H,1,6H2,2-4H3/i6D2. The van der Waals surface area contributed by atoms with Crippen LogP contribution in [0.3, 0.4) is 0 Å². The summed E-state index contributed by atoms with van der Waals surface area (Å²) in [5.41, 5.74) is -0.586. The fraction of sp³-hybridized carbons (Fsp3) is 0.667. The first-order chi connectivity index (χ1) is 6.10. The molecular formula is C9H15IO2. The van der Waals surface area contributed by atoms with Crippen LogP contribution >= 0.6 is 22.6 Å². The summed E-state index contributed by atoms with van der Waals surface area (Å²) in [5.74, 6) is -0.553. The fourth-order valence-electron chi connectivity index (χ4n) is 0.525. The van der Waals surface area contributed by atoms with Crippen LogP contribution in [0.1, 0.15) is 29.9 Å². The van der Waals surface area contributed by atoms with Gasteiger partial charge in [-0.05, 0) is 27.1 Å². The van der Waals surface area contributed by atoms with E-state index >= 15 is 0 Å². The van der Waals surface area contributed by atoms with Crippen molar-refractivity contribution in [3.05, 3.63) is 12.7 Å². The van der Waals surface area contributed by atoms with E-state index in [1.165, 1.54) is 0 Å². The average molecular weight is 284 g/mol. The number of hydrogen-bond acceptors (Lipinski definition) is 2. The molecule has 0 bridgehead atoms. The van der Waals surface area contributed by atoms with Crippen molar-refractivity contribution in [2.24, 2.45) is 0 Å². The molecule has 12 heavy (non-hydrogen) atoms. The first-order valence-corrected chi connectivity index (χ1v) is 4.85. The predicted octanol–water partition coefficient (Wildman–Crippen LogP) is 2.71. The van der Waals surface area contributed by atoms with E-state index in [9.17, 15) is 4.79 Å². The molecule has 1 atom stereocenters. The zero-order valence-electron chi connectivity index (χ0n) is 9.56. The van der Waals surface area contributed by atoms with Gasteiger partial charge in [0, 0.05) is 2.74 Å². The summed E-state index contributed by atoms with van der Waals surface area (Å²) < 4.78 is 19.1. The fourth-order valence-corrected chi connectivity index (χ4v) is 0.906. The molecule has 70 valence electrons. The van der Waals surface area contributed by atoms with Crippen molar-refractivity contribution < 1.29 is 12.3 Å². The Morgan fingerprint density at radius 2 is 2.33 bits per heavy atom. The van der Waals surface area contributed by atoms with E-state index in [0.29, 0.717) is 0 Å². The van der Waals surface area contributed by atoms with E-state index in [1.807, 2.05) is 0 Å². The quantitative estimate of drug-likeness (QED) is 0.345. The summed E-state index contributed by atoms with van der Waals surface area (Å²) in [7, 11) is 0. The topological polar surface area (TPSA) is 26.3 Å². The number of carbonyl (C=O) groups excluding carboxylic acids is 1. The van der Waals surface area contributed by atoms with Crippen LogP contribution in [-0.2, 0) is 9.53 Å². The van der Waals surface area contributed by atoms with Crippen LogP contribution in [0.15, 0.2) is 12.7 Å². The Morgan fingerprint density at radius 3 is 2.67 bits per heavy atom. The summed E-state index contributed by atoms with van der Waals surface area (Å²) >= 11 is 1.73. The van der Waals surface area contributed by atoms with Crippen molar-refractivity contribution in [2.75, 3.05) is 0 Å². The first kappa shape index (κ1) is 8.53. The van der Waals surface area contributed by atoms with Gasteiger partial charge in [-0.25, -0.2) is 0 Å². The average Bonchev–Trinajstić information content (AvgIpc) is 2.00. The largest absolute Gasteiger partial charge is 0.459 e. The van der Waals surface area contributed by atoms with E-state index in [0.717, 1.165) is 6.08 Å². The predicted molar refractivity (Wildman–Crippen MR) is 58.5 cm³/mol. The lowest BCUT2D eigenvalue weighted by molar-refractivity contribution is -0.153. The summed E-state index contributed by atoms with van der Waals surface area (Å²) in [6.45, 7) is 8.59. The summed E-state index contributed by atoms with van der Waals surface area (Å²) in [5, 5.41) is 0. The maximum Gasteiger partial charge on any atom is 0.319 e. The highest BCUT2D eigenvalue weighted by Gasteiger charge is 2.21. The third-order valence-electron chi connectivity index (χ3n) is 0.878. The molecule has 0 heterocycles. The molecule has 0 aromatic carbocycles. The monoisotopic (exact) mass is 284 g/mol. The second-order valence-electron chi connectivity index (χ2n) is 3.27. The SMILES string of the molecule is [2H]C([2H])(C=C)C(I)C(=O)OC(C)(C)C. The third kappa shape index (κ3) is 5.57. The van der Waals surface area contributed by atoms with Gasteiger partial charge in [-0.2, -0.15) is 0 Å². The second kappa shape index (κ2) is 4.84. The van der Waals surface area contributed by atoms with Gasteiger partial charge in [0.05, 0.1) is 0 Å². The van der Waals surface area contributed by atoms with Crippen LogP contribution in [-0.4, -0.2) is 15.5 Å². The number of hydrogen-bond donors (Lipinski definition) is 0. The number of carbonyl (C=O) groups is 1. The van der Waals surface area contributed by atoms with Gasteiger partial charge in [0.1, 0.15) is 9.53 Å². The van der Waals surface area contributed by atoms with Crippen molar-refractivity contribution in [1.82, 2.24) is 0 Å². The van der Waals surface area contributed by atoms with Gasteiger partial charge >= 0.3 is 5.97 Å². The maximum absolute atomic E-state index is 11.4. The summed E-state index contributed by atoms with van der Waals surface area (Å²) in [6, 6.07) is 0. The molecule has 0 N–H and O–H groups in total. The normalized spacial score (nSPS) is 17.3. The molecule has 0 rings (SSSR count). The minimum atomic E-state index is -1.73. The lowest BCUT2D eigenvalue weighted by Crippen LogP contribution is -2.28. The zero-order valence-corrected chi connectivity index (χ0v) is 9.71. The number of rotatable bonds is 3. The van der Waals surface area contributed by atoms with Gasteiger partial charge in [-0.3, -0.25) is 4.79 Å². The molecule has 1 unspecified atom stereocenters. The Bertz CT molecular complexity index is 233. The molecule has 2 nitrogen and oxygen atoms in total. The highest BCUT2D eigenvalue weighted by molar-refractivity contribution is 14.1. The van der Waals surface area contributed by atoms with Crippen LogP contribution in [0, 0.1) is 0 Å². The maximum atomic E-state index is 11.4. The van der Waals surface area contributed by atoms with Gasteiger partial charge in [0.2, 0.25) is 0 Å². The molecule has 0 aliphatic rings. The van der Waals surface area contributed by atoms with Gasteiger partial charge < -0.3 is 4.74 Å². The van der Waals surface area contributed by atoms with Gasteiger partial charge in [0.15, 0.2) is 0 Å². The molecular weight excluding hydrogens is 267 g/mol. The van der Waals surface area contributed by atoms with E-state index < -0.39 is 21.9 Å². The Hall–Kier alpha value is -0.0600. The van der Waals surface area contributed by atoms with E-state index in [-0.39, 0.29) is 0 Å². The Morgan fingerprint density at radius 1 is 1.83 bits per heavy atom. The number of esters is 1. The van der Waals surface area contributed by atoms with Crippen molar-refractivity contribution >= 4 is 28.6 Å². The zero-order chi connectivity index (χ0) is 11.6. The Balaban J connectivity index is 4.49. The number of ether oxygens (including phenoxy) is 1. The molecule has 0 saturated carbocycles. The molecule has 0 spiro atoms. The lowest BCUT2D eigenvalue weighted by Gasteiger charge is -2.21. The van der Waals surface area contributed by atoms with Crippen LogP contribution in [0.2, 0.25) is 0 Å². The smallest absolute Gasteiger partial charge is 0.319 e. The molecule has 0 aliphatic heterocycles. The highest BCUT2D eigenvalue weighted by Crippen LogP contribution is 2.14. The number of halogens is 1. The Labute approximate surface area is 90.3 Å². The van der Waals surface area contributed by atoms with Crippen LogP contribution in [0.4, 0.5) is 0 Å². The molecule has 0 amide bonds. The number of allylic oxidation sites excluding steroid dienone is 1. The second-order valence-corrected chi connectivity index (χ2v) is 4.51.